The number of carbonyl (C=O) groups excluding carboxylic acids is 3. The molecular formula is C18H25N3O5. The van der Waals surface area contributed by atoms with Crippen molar-refractivity contribution in [1.29, 1.82) is 0 Å². The van der Waals surface area contributed by atoms with Crippen LogP contribution in [-0.2, 0) is 25.6 Å². The lowest BCUT2D eigenvalue weighted by Crippen LogP contribution is -2.46. The van der Waals surface area contributed by atoms with Gasteiger partial charge in [0.05, 0.1) is 6.42 Å². The van der Waals surface area contributed by atoms with Crippen molar-refractivity contribution < 1.29 is 24.3 Å². The lowest BCUT2D eigenvalue weighted by Gasteiger charge is -2.21. The van der Waals surface area contributed by atoms with Gasteiger partial charge < -0.3 is 21.1 Å². The van der Waals surface area contributed by atoms with Crippen LogP contribution in [0.1, 0.15) is 33.3 Å². The van der Waals surface area contributed by atoms with Gasteiger partial charge in [-0.15, -0.1) is 0 Å². The number of carboxylic acids is 1. The Morgan fingerprint density at radius 1 is 1.08 bits per heavy atom. The molecule has 3 amide bonds. The van der Waals surface area contributed by atoms with Crippen molar-refractivity contribution in [3.8, 4) is 0 Å². The van der Waals surface area contributed by atoms with Gasteiger partial charge in [0.2, 0.25) is 17.7 Å². The molecule has 1 unspecified atom stereocenters. The van der Waals surface area contributed by atoms with Gasteiger partial charge in [0, 0.05) is 11.1 Å². The van der Waals surface area contributed by atoms with E-state index in [4.69, 9.17) is 5.11 Å². The molecule has 8 nitrogen and oxygen atoms in total. The van der Waals surface area contributed by atoms with Gasteiger partial charge in [-0.25, -0.2) is 0 Å². The Kier molecular flexibility index (Phi) is 7.30. The second-order valence-electron chi connectivity index (χ2n) is 6.98. The zero-order chi connectivity index (χ0) is 19.9. The molecule has 0 radical (unpaired) electrons. The summed E-state index contributed by atoms with van der Waals surface area (Å²) in [6.07, 6.45) is 0.0412. The van der Waals surface area contributed by atoms with Crippen LogP contribution in [0.4, 0.5) is 5.69 Å². The molecule has 26 heavy (non-hydrogen) atoms. The molecule has 0 aliphatic rings. The minimum absolute atomic E-state index is 0.0412. The molecule has 1 rings (SSSR count). The molecule has 0 bridgehead atoms. The maximum atomic E-state index is 12.1. The second-order valence-corrected chi connectivity index (χ2v) is 6.98. The van der Waals surface area contributed by atoms with E-state index < -0.39 is 29.9 Å². The van der Waals surface area contributed by atoms with Gasteiger partial charge in [0.15, 0.2) is 0 Å². The molecule has 0 saturated heterocycles. The highest BCUT2D eigenvalue weighted by molar-refractivity contribution is 5.97. The number of amides is 3. The molecule has 0 aliphatic heterocycles. The van der Waals surface area contributed by atoms with E-state index in [1.165, 1.54) is 0 Å². The number of nitrogens with one attached hydrogen (secondary N) is 3. The monoisotopic (exact) mass is 363 g/mol. The highest BCUT2D eigenvalue weighted by Gasteiger charge is 2.25. The highest BCUT2D eigenvalue weighted by atomic mass is 16.4. The van der Waals surface area contributed by atoms with Gasteiger partial charge in [-0.2, -0.15) is 0 Å². The fraction of sp³-hybridized carbons (Fsp3) is 0.444. The van der Waals surface area contributed by atoms with E-state index in [9.17, 15) is 19.2 Å². The molecule has 0 aliphatic carbocycles. The summed E-state index contributed by atoms with van der Waals surface area (Å²) < 4.78 is 0. The summed E-state index contributed by atoms with van der Waals surface area (Å²) in [7, 11) is 0. The number of rotatable bonds is 7. The van der Waals surface area contributed by atoms with Crippen LogP contribution in [-0.4, -0.2) is 41.4 Å². The number of carbonyl (C=O) groups is 4. The quantitative estimate of drug-likeness (QED) is 0.573. The molecule has 0 aromatic heterocycles. The van der Waals surface area contributed by atoms with Crippen LogP contribution in [0.2, 0.25) is 0 Å². The van der Waals surface area contributed by atoms with Gasteiger partial charge in [-0.3, -0.25) is 19.2 Å². The molecule has 0 spiro atoms. The molecule has 1 aromatic carbocycles. The van der Waals surface area contributed by atoms with E-state index in [1.54, 1.807) is 52.0 Å². The third kappa shape index (κ3) is 7.33. The second kappa shape index (κ2) is 8.98. The first-order valence-electron chi connectivity index (χ1n) is 8.18. The summed E-state index contributed by atoms with van der Waals surface area (Å²) in [6, 6.07) is 5.90. The van der Waals surface area contributed by atoms with E-state index in [2.05, 4.69) is 16.0 Å². The molecule has 0 saturated carbocycles. The first-order chi connectivity index (χ1) is 12.0. The average Bonchev–Trinajstić information content (AvgIpc) is 2.53. The van der Waals surface area contributed by atoms with E-state index in [0.29, 0.717) is 11.3 Å². The van der Waals surface area contributed by atoms with Crippen molar-refractivity contribution in [2.24, 2.45) is 5.41 Å². The molecule has 1 aromatic rings. The Hall–Kier alpha value is -2.90. The molecule has 8 heteroatoms. The summed E-state index contributed by atoms with van der Waals surface area (Å²) in [5.74, 6) is -2.08. The van der Waals surface area contributed by atoms with E-state index >= 15 is 0 Å². The molecule has 4 N–H and O–H groups in total. The van der Waals surface area contributed by atoms with Crippen LogP contribution in [0.25, 0.3) is 0 Å². The summed E-state index contributed by atoms with van der Waals surface area (Å²) >= 11 is 0. The number of hydrogen-bond donors (Lipinski definition) is 4. The van der Waals surface area contributed by atoms with Gasteiger partial charge in [-0.05, 0) is 24.6 Å². The topological polar surface area (TPSA) is 125 Å². The maximum absolute atomic E-state index is 12.1. The molecule has 0 fully saturated rings. The van der Waals surface area contributed by atoms with Crippen molar-refractivity contribution in [2.45, 2.75) is 40.2 Å². The first-order valence-corrected chi connectivity index (χ1v) is 8.18. The molecule has 0 heterocycles. The lowest BCUT2D eigenvalue weighted by molar-refractivity contribution is -0.137. The molecule has 1 atom stereocenters. The van der Waals surface area contributed by atoms with E-state index in [-0.39, 0.29) is 18.2 Å². The predicted octanol–water partition coefficient (Wildman–Crippen LogP) is 0.919. The van der Waals surface area contributed by atoms with Crippen LogP contribution >= 0.6 is 0 Å². The van der Waals surface area contributed by atoms with Crippen LogP contribution in [0.3, 0.4) is 0 Å². The first kappa shape index (κ1) is 21.1. The maximum Gasteiger partial charge on any atom is 0.322 e. The predicted molar refractivity (Wildman–Crippen MR) is 96.5 cm³/mol. The van der Waals surface area contributed by atoms with E-state index in [0.717, 1.165) is 0 Å². The number of hydrogen-bond acceptors (Lipinski definition) is 4. The number of anilines is 1. The third-order valence-corrected chi connectivity index (χ3v) is 3.45. The van der Waals surface area contributed by atoms with Gasteiger partial charge >= 0.3 is 5.97 Å². The Labute approximate surface area is 152 Å². The number of benzene rings is 1. The molecular weight excluding hydrogens is 338 g/mol. The summed E-state index contributed by atoms with van der Waals surface area (Å²) in [5.41, 5.74) is 0.624. The molecule has 142 valence electrons. The summed E-state index contributed by atoms with van der Waals surface area (Å²) in [6.45, 7) is 6.46. The Balaban J connectivity index is 2.55. The fourth-order valence-electron chi connectivity index (χ4n) is 1.86. The van der Waals surface area contributed by atoms with Crippen molar-refractivity contribution in [3.63, 3.8) is 0 Å². The Bertz CT molecular complexity index is 677. The SMILES string of the molecule is CC(NC(=O)C(C)(C)C)C(=O)Nc1ccc(CC(=O)NCC(=O)O)cc1. The van der Waals surface area contributed by atoms with Crippen molar-refractivity contribution >= 4 is 29.4 Å². The van der Waals surface area contributed by atoms with Gasteiger partial charge in [0.25, 0.3) is 0 Å². The van der Waals surface area contributed by atoms with Crippen LogP contribution in [0, 0.1) is 5.41 Å². The largest absolute Gasteiger partial charge is 0.480 e. The Morgan fingerprint density at radius 2 is 1.65 bits per heavy atom. The standard InChI is InChI=1S/C18H25N3O5/c1-11(20-17(26)18(2,3)4)16(25)21-13-7-5-12(6-8-13)9-14(22)19-10-15(23)24/h5-8,11H,9-10H2,1-4H3,(H,19,22)(H,20,26)(H,21,25)(H,23,24). The highest BCUT2D eigenvalue weighted by Crippen LogP contribution is 2.14. The van der Waals surface area contributed by atoms with Crippen molar-refractivity contribution in [1.82, 2.24) is 10.6 Å². The fourth-order valence-corrected chi connectivity index (χ4v) is 1.86. The zero-order valence-electron chi connectivity index (χ0n) is 15.4. The van der Waals surface area contributed by atoms with Crippen LogP contribution in [0.5, 0.6) is 0 Å². The van der Waals surface area contributed by atoms with Crippen molar-refractivity contribution in [3.05, 3.63) is 29.8 Å². The van der Waals surface area contributed by atoms with Crippen LogP contribution < -0.4 is 16.0 Å². The Morgan fingerprint density at radius 3 is 2.15 bits per heavy atom. The number of aliphatic carboxylic acids is 1. The van der Waals surface area contributed by atoms with Crippen molar-refractivity contribution in [2.75, 3.05) is 11.9 Å². The summed E-state index contributed by atoms with van der Waals surface area (Å²) in [4.78, 5) is 46.0. The minimum Gasteiger partial charge on any atom is -0.480 e. The van der Waals surface area contributed by atoms with Crippen LogP contribution in [0.15, 0.2) is 24.3 Å². The third-order valence-electron chi connectivity index (χ3n) is 3.45. The van der Waals surface area contributed by atoms with Gasteiger partial charge in [-0.1, -0.05) is 32.9 Å². The smallest absolute Gasteiger partial charge is 0.322 e. The minimum atomic E-state index is -1.11. The number of carboxylic acid groups (broad SMARTS) is 1. The lowest BCUT2D eigenvalue weighted by atomic mass is 9.95. The van der Waals surface area contributed by atoms with E-state index in [1.807, 2.05) is 0 Å². The van der Waals surface area contributed by atoms with Gasteiger partial charge in [0.1, 0.15) is 12.6 Å². The zero-order valence-corrected chi connectivity index (χ0v) is 15.4. The average molecular weight is 363 g/mol. The summed E-state index contributed by atoms with van der Waals surface area (Å²) in [5, 5.41) is 16.1. The normalized spacial score (nSPS) is 12.0.